The molecule has 0 radical (unpaired) electrons. The summed E-state index contributed by atoms with van der Waals surface area (Å²) >= 11 is 0. The molecule has 0 spiro atoms. The quantitative estimate of drug-likeness (QED) is 0.865. The van der Waals surface area contributed by atoms with Crippen LogP contribution in [0.5, 0.6) is 11.5 Å². The average molecular weight is 373 g/mol. The summed E-state index contributed by atoms with van der Waals surface area (Å²) in [4.78, 5) is 25.9. The number of likely N-dealkylation sites (tertiary alicyclic amines) is 1. The van der Waals surface area contributed by atoms with E-state index in [1.165, 1.54) is 13.3 Å². The van der Waals surface area contributed by atoms with Crippen molar-refractivity contribution in [1.82, 2.24) is 14.7 Å². The Kier molecular flexibility index (Phi) is 5.34. The predicted octanol–water partition coefficient (Wildman–Crippen LogP) is 2.38. The number of amides is 1. The Morgan fingerprint density at radius 2 is 1.85 bits per heavy atom. The third kappa shape index (κ3) is 3.60. The first-order valence-electron chi connectivity index (χ1n) is 8.75. The number of hydrogen-bond donors (Lipinski definition) is 1. The number of rotatable bonds is 5. The van der Waals surface area contributed by atoms with E-state index < -0.39 is 5.97 Å². The number of aromatic nitrogens is 2. The maximum atomic E-state index is 12.9. The van der Waals surface area contributed by atoms with E-state index in [0.29, 0.717) is 48.7 Å². The standard InChI is InChI=1S/C19H23N3O5/c1-12-16(19(24)25)11-20-22(12)13-6-8-21(9-7-13)18(23)15-10-14(26-2)4-5-17(15)27-3/h4-5,10-11,13H,6-9H2,1-3H3,(H,24,25). The maximum absolute atomic E-state index is 12.9. The number of nitrogens with zero attached hydrogens (tertiary/aromatic N) is 3. The van der Waals surface area contributed by atoms with Gasteiger partial charge in [-0.3, -0.25) is 9.48 Å². The van der Waals surface area contributed by atoms with E-state index in [1.807, 2.05) is 0 Å². The molecule has 27 heavy (non-hydrogen) atoms. The van der Waals surface area contributed by atoms with Crippen molar-refractivity contribution >= 4 is 11.9 Å². The molecule has 1 aliphatic rings. The molecule has 1 aliphatic heterocycles. The number of aromatic carboxylic acids is 1. The smallest absolute Gasteiger partial charge is 0.339 e. The highest BCUT2D eigenvalue weighted by Gasteiger charge is 2.28. The highest BCUT2D eigenvalue weighted by molar-refractivity contribution is 5.97. The van der Waals surface area contributed by atoms with Crippen LogP contribution in [0, 0.1) is 6.92 Å². The number of carboxylic acid groups (broad SMARTS) is 1. The highest BCUT2D eigenvalue weighted by Crippen LogP contribution is 2.29. The van der Waals surface area contributed by atoms with Gasteiger partial charge in [0, 0.05) is 13.1 Å². The van der Waals surface area contributed by atoms with Crippen LogP contribution < -0.4 is 9.47 Å². The van der Waals surface area contributed by atoms with Crippen molar-refractivity contribution in [2.45, 2.75) is 25.8 Å². The van der Waals surface area contributed by atoms with E-state index in [0.717, 1.165) is 0 Å². The molecule has 1 fully saturated rings. The Morgan fingerprint density at radius 3 is 2.41 bits per heavy atom. The topological polar surface area (TPSA) is 93.9 Å². The van der Waals surface area contributed by atoms with Gasteiger partial charge in [-0.05, 0) is 38.0 Å². The second kappa shape index (κ2) is 7.69. The molecular formula is C19H23N3O5. The van der Waals surface area contributed by atoms with E-state index in [1.54, 1.807) is 41.8 Å². The minimum absolute atomic E-state index is 0.0781. The number of ether oxygens (including phenoxy) is 2. The fourth-order valence-electron chi connectivity index (χ4n) is 3.47. The molecule has 2 heterocycles. The molecule has 0 aliphatic carbocycles. The van der Waals surface area contributed by atoms with Gasteiger partial charge < -0.3 is 19.5 Å². The molecule has 0 bridgehead atoms. The van der Waals surface area contributed by atoms with Crippen LogP contribution in [0.3, 0.4) is 0 Å². The largest absolute Gasteiger partial charge is 0.497 e. The zero-order valence-electron chi connectivity index (χ0n) is 15.6. The zero-order valence-corrected chi connectivity index (χ0v) is 15.6. The summed E-state index contributed by atoms with van der Waals surface area (Å²) < 4.78 is 12.3. The summed E-state index contributed by atoms with van der Waals surface area (Å²) in [6, 6.07) is 5.24. The second-order valence-electron chi connectivity index (χ2n) is 6.48. The first kappa shape index (κ1) is 18.8. The summed E-state index contributed by atoms with van der Waals surface area (Å²) in [6.45, 7) is 2.88. The number of carbonyl (C=O) groups excluding carboxylic acids is 1. The molecule has 8 heteroatoms. The molecule has 0 atom stereocenters. The summed E-state index contributed by atoms with van der Waals surface area (Å²) in [6.07, 6.45) is 2.80. The van der Waals surface area contributed by atoms with Crippen LogP contribution in [0.15, 0.2) is 24.4 Å². The number of carboxylic acids is 1. The third-order valence-electron chi connectivity index (χ3n) is 5.01. The molecule has 8 nitrogen and oxygen atoms in total. The van der Waals surface area contributed by atoms with Crippen LogP contribution in [0.25, 0.3) is 0 Å². The van der Waals surface area contributed by atoms with E-state index in [-0.39, 0.29) is 17.5 Å². The minimum atomic E-state index is -0.975. The zero-order chi connectivity index (χ0) is 19.6. The molecule has 1 amide bonds. The summed E-state index contributed by atoms with van der Waals surface area (Å²) in [5.41, 5.74) is 1.33. The molecule has 1 aromatic heterocycles. The van der Waals surface area contributed by atoms with E-state index >= 15 is 0 Å². The fraction of sp³-hybridized carbons (Fsp3) is 0.421. The van der Waals surface area contributed by atoms with Gasteiger partial charge in [-0.2, -0.15) is 5.10 Å². The Hall–Kier alpha value is -3.03. The number of carbonyl (C=O) groups is 2. The third-order valence-corrected chi connectivity index (χ3v) is 5.01. The van der Waals surface area contributed by atoms with Crippen LogP contribution in [-0.4, -0.2) is 59.0 Å². The molecule has 1 N–H and O–H groups in total. The number of hydrogen-bond acceptors (Lipinski definition) is 5. The SMILES string of the molecule is COc1ccc(OC)c(C(=O)N2CCC(n3ncc(C(=O)O)c3C)CC2)c1. The first-order chi connectivity index (χ1) is 13.0. The van der Waals surface area contributed by atoms with Gasteiger partial charge in [-0.1, -0.05) is 0 Å². The predicted molar refractivity (Wildman–Crippen MR) is 97.6 cm³/mol. The lowest BCUT2D eigenvalue weighted by atomic mass is 10.0. The Balaban J connectivity index is 1.72. The monoisotopic (exact) mass is 373 g/mol. The van der Waals surface area contributed by atoms with Gasteiger partial charge in [0.2, 0.25) is 0 Å². The van der Waals surface area contributed by atoms with E-state index in [4.69, 9.17) is 9.47 Å². The van der Waals surface area contributed by atoms with Gasteiger partial charge in [0.05, 0.1) is 37.7 Å². The molecule has 2 aromatic rings. The number of piperidine rings is 1. The lowest BCUT2D eigenvalue weighted by Crippen LogP contribution is -2.39. The number of methoxy groups -OCH3 is 2. The van der Waals surface area contributed by atoms with Gasteiger partial charge >= 0.3 is 5.97 Å². The lowest BCUT2D eigenvalue weighted by molar-refractivity contribution is 0.0684. The summed E-state index contributed by atoms with van der Waals surface area (Å²) in [5.74, 6) is 0.0310. The van der Waals surface area contributed by atoms with Gasteiger partial charge in [-0.25, -0.2) is 4.79 Å². The minimum Gasteiger partial charge on any atom is -0.497 e. The Bertz CT molecular complexity index is 853. The molecule has 144 valence electrons. The second-order valence-corrected chi connectivity index (χ2v) is 6.48. The highest BCUT2D eigenvalue weighted by atomic mass is 16.5. The van der Waals surface area contributed by atoms with Crippen LogP contribution >= 0.6 is 0 Å². The Labute approximate surface area is 157 Å². The van der Waals surface area contributed by atoms with Crippen molar-refractivity contribution < 1.29 is 24.2 Å². The van der Waals surface area contributed by atoms with Crippen LogP contribution in [0.1, 0.15) is 45.3 Å². The van der Waals surface area contributed by atoms with Gasteiger partial charge in [0.1, 0.15) is 17.1 Å². The van der Waals surface area contributed by atoms with Gasteiger partial charge in [0.25, 0.3) is 5.91 Å². The fourth-order valence-corrected chi connectivity index (χ4v) is 3.47. The van der Waals surface area contributed by atoms with Gasteiger partial charge in [0.15, 0.2) is 0 Å². The number of benzene rings is 1. The van der Waals surface area contributed by atoms with E-state index in [9.17, 15) is 14.7 Å². The molecule has 0 saturated carbocycles. The first-order valence-corrected chi connectivity index (χ1v) is 8.75. The molecule has 3 rings (SSSR count). The molecular weight excluding hydrogens is 350 g/mol. The molecule has 0 unspecified atom stereocenters. The van der Waals surface area contributed by atoms with Crippen molar-refractivity contribution in [3.63, 3.8) is 0 Å². The van der Waals surface area contributed by atoms with Crippen LogP contribution in [0.2, 0.25) is 0 Å². The summed E-state index contributed by atoms with van der Waals surface area (Å²) in [5, 5.41) is 13.4. The Morgan fingerprint density at radius 1 is 1.15 bits per heavy atom. The van der Waals surface area contributed by atoms with Crippen molar-refractivity contribution in [2.75, 3.05) is 27.3 Å². The molecule has 1 saturated heterocycles. The van der Waals surface area contributed by atoms with Crippen molar-refractivity contribution in [1.29, 1.82) is 0 Å². The lowest BCUT2D eigenvalue weighted by Gasteiger charge is -2.33. The average Bonchev–Trinajstić information content (AvgIpc) is 3.08. The van der Waals surface area contributed by atoms with Crippen LogP contribution in [-0.2, 0) is 0 Å². The van der Waals surface area contributed by atoms with Gasteiger partial charge in [-0.15, -0.1) is 0 Å². The van der Waals surface area contributed by atoms with Crippen molar-refractivity contribution in [3.05, 3.63) is 41.2 Å². The summed E-state index contributed by atoms with van der Waals surface area (Å²) in [7, 11) is 3.09. The van der Waals surface area contributed by atoms with Crippen molar-refractivity contribution in [2.24, 2.45) is 0 Å². The van der Waals surface area contributed by atoms with Crippen LogP contribution in [0.4, 0.5) is 0 Å². The normalized spacial score (nSPS) is 14.9. The van der Waals surface area contributed by atoms with E-state index in [2.05, 4.69) is 5.10 Å². The maximum Gasteiger partial charge on any atom is 0.339 e. The van der Waals surface area contributed by atoms with Crippen molar-refractivity contribution in [3.8, 4) is 11.5 Å². The molecule has 1 aromatic carbocycles.